The molecule has 0 aliphatic carbocycles. The van der Waals surface area contributed by atoms with Crippen LogP contribution in [0, 0.1) is 6.92 Å². The number of hydrogen-bond acceptors (Lipinski definition) is 4. The van der Waals surface area contributed by atoms with Crippen LogP contribution in [0.25, 0.3) is 10.9 Å². The smallest absolute Gasteiger partial charge is 0.152 e. The van der Waals surface area contributed by atoms with Gasteiger partial charge in [0.1, 0.15) is 23.9 Å². The molecular formula is C20H21NO4. The summed E-state index contributed by atoms with van der Waals surface area (Å²) in [6, 6.07) is 11.6. The minimum Gasteiger partial charge on any atom is -0.497 e. The van der Waals surface area contributed by atoms with Crippen molar-refractivity contribution in [1.82, 2.24) is 4.57 Å². The van der Waals surface area contributed by atoms with Crippen molar-refractivity contribution in [2.24, 2.45) is 0 Å². The fourth-order valence-electron chi connectivity index (χ4n) is 2.84. The van der Waals surface area contributed by atoms with Gasteiger partial charge in [0.25, 0.3) is 0 Å². The van der Waals surface area contributed by atoms with Crippen molar-refractivity contribution in [2.75, 3.05) is 20.8 Å². The Morgan fingerprint density at radius 1 is 1.04 bits per heavy atom. The van der Waals surface area contributed by atoms with Gasteiger partial charge < -0.3 is 18.8 Å². The SMILES string of the molecule is COc1cc(OC)c2c(C=O)cn(CCOc3ccc(C)cc3)c2c1. The van der Waals surface area contributed by atoms with Crippen LogP contribution in [-0.2, 0) is 6.54 Å². The average molecular weight is 339 g/mol. The van der Waals surface area contributed by atoms with Crippen LogP contribution in [0.2, 0.25) is 0 Å². The summed E-state index contributed by atoms with van der Waals surface area (Å²) in [6.45, 7) is 3.14. The molecule has 5 nitrogen and oxygen atoms in total. The Kier molecular flexibility index (Phi) is 4.93. The second-order valence-electron chi connectivity index (χ2n) is 5.78. The molecular weight excluding hydrogens is 318 g/mol. The van der Waals surface area contributed by atoms with Gasteiger partial charge >= 0.3 is 0 Å². The minimum atomic E-state index is 0.491. The molecule has 0 spiro atoms. The van der Waals surface area contributed by atoms with Gasteiger partial charge in [-0.05, 0) is 19.1 Å². The predicted molar refractivity (Wildman–Crippen MR) is 97.1 cm³/mol. The molecule has 0 unspecified atom stereocenters. The van der Waals surface area contributed by atoms with Gasteiger partial charge in [-0.3, -0.25) is 4.79 Å². The van der Waals surface area contributed by atoms with Gasteiger partial charge in [0.2, 0.25) is 0 Å². The minimum absolute atomic E-state index is 0.491. The number of hydrogen-bond donors (Lipinski definition) is 0. The standard InChI is InChI=1S/C20H21NO4/c1-14-4-6-16(7-5-14)25-9-8-21-12-15(13-22)20-18(21)10-17(23-2)11-19(20)24-3/h4-7,10-13H,8-9H2,1-3H3. The summed E-state index contributed by atoms with van der Waals surface area (Å²) in [5.74, 6) is 2.13. The van der Waals surface area contributed by atoms with Crippen molar-refractivity contribution in [3.8, 4) is 17.2 Å². The molecule has 0 atom stereocenters. The predicted octanol–water partition coefficient (Wildman–Crippen LogP) is 3.86. The summed E-state index contributed by atoms with van der Waals surface area (Å²) in [4.78, 5) is 11.5. The molecule has 0 aliphatic rings. The maximum absolute atomic E-state index is 11.5. The number of aromatic nitrogens is 1. The van der Waals surface area contributed by atoms with E-state index in [0.717, 1.165) is 22.9 Å². The second-order valence-corrected chi connectivity index (χ2v) is 5.78. The van der Waals surface area contributed by atoms with Gasteiger partial charge in [0.15, 0.2) is 6.29 Å². The molecule has 0 saturated carbocycles. The van der Waals surface area contributed by atoms with E-state index in [2.05, 4.69) is 0 Å². The Labute approximate surface area is 146 Å². The lowest BCUT2D eigenvalue weighted by Gasteiger charge is -2.10. The number of nitrogens with zero attached hydrogens (tertiary/aromatic N) is 1. The zero-order chi connectivity index (χ0) is 17.8. The summed E-state index contributed by atoms with van der Waals surface area (Å²) in [7, 11) is 3.19. The fourth-order valence-corrected chi connectivity index (χ4v) is 2.84. The number of aryl methyl sites for hydroxylation is 1. The maximum Gasteiger partial charge on any atom is 0.152 e. The van der Waals surface area contributed by atoms with Crippen LogP contribution in [0.5, 0.6) is 17.2 Å². The highest BCUT2D eigenvalue weighted by Crippen LogP contribution is 2.34. The van der Waals surface area contributed by atoms with E-state index in [1.165, 1.54) is 5.56 Å². The summed E-state index contributed by atoms with van der Waals surface area (Å²) < 4.78 is 18.5. The number of carbonyl (C=O) groups excluding carboxylic acids is 1. The Hall–Kier alpha value is -2.95. The number of aldehydes is 1. The molecule has 2 aromatic carbocycles. The van der Waals surface area contributed by atoms with Crippen molar-refractivity contribution in [1.29, 1.82) is 0 Å². The highest BCUT2D eigenvalue weighted by atomic mass is 16.5. The first-order chi connectivity index (χ1) is 12.2. The molecule has 3 aromatic rings. The molecule has 0 saturated heterocycles. The largest absolute Gasteiger partial charge is 0.497 e. The molecule has 0 fully saturated rings. The van der Waals surface area contributed by atoms with Crippen LogP contribution in [-0.4, -0.2) is 31.7 Å². The highest BCUT2D eigenvalue weighted by Gasteiger charge is 2.15. The summed E-state index contributed by atoms with van der Waals surface area (Å²) in [5, 5.41) is 0.786. The maximum atomic E-state index is 11.5. The topological polar surface area (TPSA) is 49.7 Å². The molecule has 25 heavy (non-hydrogen) atoms. The van der Waals surface area contributed by atoms with Gasteiger partial charge in [-0.15, -0.1) is 0 Å². The molecule has 1 heterocycles. The lowest BCUT2D eigenvalue weighted by atomic mass is 10.1. The van der Waals surface area contributed by atoms with Crippen LogP contribution in [0.4, 0.5) is 0 Å². The van der Waals surface area contributed by atoms with Crippen molar-refractivity contribution < 1.29 is 19.0 Å². The summed E-state index contributed by atoms with van der Waals surface area (Å²) in [5.41, 5.74) is 2.66. The van der Waals surface area contributed by atoms with Gasteiger partial charge in [-0.2, -0.15) is 0 Å². The van der Waals surface area contributed by atoms with E-state index >= 15 is 0 Å². The van der Waals surface area contributed by atoms with Crippen molar-refractivity contribution in [3.05, 3.63) is 53.7 Å². The quantitative estimate of drug-likeness (QED) is 0.613. The number of methoxy groups -OCH3 is 2. The third-order valence-electron chi connectivity index (χ3n) is 4.15. The fraction of sp³-hybridized carbons (Fsp3) is 0.250. The second kappa shape index (κ2) is 7.30. The highest BCUT2D eigenvalue weighted by molar-refractivity contribution is 6.02. The Morgan fingerprint density at radius 3 is 2.44 bits per heavy atom. The first-order valence-electron chi connectivity index (χ1n) is 8.05. The zero-order valence-corrected chi connectivity index (χ0v) is 14.6. The molecule has 0 radical (unpaired) electrons. The molecule has 1 aromatic heterocycles. The van der Waals surface area contributed by atoms with Crippen LogP contribution < -0.4 is 14.2 Å². The zero-order valence-electron chi connectivity index (χ0n) is 14.6. The third kappa shape index (κ3) is 3.45. The number of fused-ring (bicyclic) bond motifs is 1. The van der Waals surface area contributed by atoms with E-state index in [1.54, 1.807) is 20.3 Å². The Bertz CT molecular complexity index is 881. The molecule has 130 valence electrons. The van der Waals surface area contributed by atoms with Gasteiger partial charge in [0, 0.05) is 23.9 Å². The van der Waals surface area contributed by atoms with E-state index in [4.69, 9.17) is 14.2 Å². The first kappa shape index (κ1) is 16.9. The Morgan fingerprint density at radius 2 is 1.80 bits per heavy atom. The van der Waals surface area contributed by atoms with Crippen LogP contribution in [0.3, 0.4) is 0 Å². The van der Waals surface area contributed by atoms with E-state index in [0.29, 0.717) is 30.2 Å². The molecule has 0 N–H and O–H groups in total. The van der Waals surface area contributed by atoms with Gasteiger partial charge in [0.05, 0.1) is 31.7 Å². The van der Waals surface area contributed by atoms with Crippen molar-refractivity contribution in [2.45, 2.75) is 13.5 Å². The molecule has 0 bridgehead atoms. The van der Waals surface area contributed by atoms with Gasteiger partial charge in [-0.1, -0.05) is 17.7 Å². The number of carbonyl (C=O) groups is 1. The summed E-state index contributed by atoms with van der Waals surface area (Å²) >= 11 is 0. The summed E-state index contributed by atoms with van der Waals surface area (Å²) in [6.07, 6.45) is 2.66. The number of ether oxygens (including phenoxy) is 3. The molecule has 0 aliphatic heterocycles. The van der Waals surface area contributed by atoms with Crippen LogP contribution in [0.15, 0.2) is 42.6 Å². The van der Waals surface area contributed by atoms with Crippen LogP contribution in [0.1, 0.15) is 15.9 Å². The number of benzene rings is 2. The first-order valence-corrected chi connectivity index (χ1v) is 8.05. The van der Waals surface area contributed by atoms with E-state index in [1.807, 2.05) is 48.0 Å². The third-order valence-corrected chi connectivity index (χ3v) is 4.15. The number of rotatable bonds is 7. The molecule has 3 rings (SSSR count). The molecule has 5 heteroatoms. The van der Waals surface area contributed by atoms with Crippen molar-refractivity contribution >= 4 is 17.2 Å². The lowest BCUT2D eigenvalue weighted by Crippen LogP contribution is -2.07. The lowest BCUT2D eigenvalue weighted by molar-refractivity contribution is 0.112. The van der Waals surface area contributed by atoms with E-state index < -0.39 is 0 Å². The Balaban J connectivity index is 1.87. The normalized spacial score (nSPS) is 10.7. The monoisotopic (exact) mass is 339 g/mol. The van der Waals surface area contributed by atoms with Gasteiger partial charge in [-0.25, -0.2) is 0 Å². The molecule has 0 amide bonds. The van der Waals surface area contributed by atoms with E-state index in [-0.39, 0.29) is 0 Å². The van der Waals surface area contributed by atoms with E-state index in [9.17, 15) is 4.79 Å². The van der Waals surface area contributed by atoms with Crippen LogP contribution >= 0.6 is 0 Å². The average Bonchev–Trinajstić information content (AvgIpc) is 3.00. The van der Waals surface area contributed by atoms with Crippen molar-refractivity contribution in [3.63, 3.8) is 0 Å².